The van der Waals surface area contributed by atoms with Gasteiger partial charge < -0.3 is 0 Å². The van der Waals surface area contributed by atoms with Gasteiger partial charge in [-0.1, -0.05) is 11.6 Å². The maximum atomic E-state index is 5.83. The minimum Gasteiger partial charge on any atom is -0.197 e. The first-order chi connectivity index (χ1) is 6.68. The third-order valence-electron chi connectivity index (χ3n) is 1.76. The van der Waals surface area contributed by atoms with Gasteiger partial charge >= 0.3 is 0 Å². The molecule has 0 unspecified atom stereocenters. The SMILES string of the molecule is Cc1nnnn1-c1ccc(Cl)cc1Br. The smallest absolute Gasteiger partial charge is 0.153 e. The summed E-state index contributed by atoms with van der Waals surface area (Å²) in [6.45, 7) is 1.83. The summed E-state index contributed by atoms with van der Waals surface area (Å²) in [6, 6.07) is 5.45. The third kappa shape index (κ3) is 1.65. The number of hydrogen-bond acceptors (Lipinski definition) is 3. The van der Waals surface area contributed by atoms with E-state index in [9.17, 15) is 0 Å². The zero-order valence-electron chi connectivity index (χ0n) is 7.28. The number of nitrogens with zero attached hydrogens (tertiary/aromatic N) is 4. The van der Waals surface area contributed by atoms with Crippen LogP contribution in [0.15, 0.2) is 22.7 Å². The molecule has 72 valence electrons. The van der Waals surface area contributed by atoms with E-state index in [4.69, 9.17) is 11.6 Å². The summed E-state index contributed by atoms with van der Waals surface area (Å²) >= 11 is 9.23. The first-order valence-electron chi connectivity index (χ1n) is 3.89. The number of rotatable bonds is 1. The molecule has 6 heteroatoms. The molecule has 0 aliphatic rings. The second-order valence-corrected chi connectivity index (χ2v) is 4.02. The number of aromatic nitrogens is 4. The van der Waals surface area contributed by atoms with Gasteiger partial charge in [0.2, 0.25) is 0 Å². The van der Waals surface area contributed by atoms with Crippen LogP contribution in [0.3, 0.4) is 0 Å². The van der Waals surface area contributed by atoms with Gasteiger partial charge in [0.1, 0.15) is 0 Å². The Kier molecular flexibility index (Phi) is 2.52. The summed E-state index contributed by atoms with van der Waals surface area (Å²) in [4.78, 5) is 0. The summed E-state index contributed by atoms with van der Waals surface area (Å²) in [5.74, 6) is 0.730. The molecule has 0 N–H and O–H groups in total. The minimum absolute atomic E-state index is 0.673. The first-order valence-corrected chi connectivity index (χ1v) is 5.06. The predicted molar refractivity (Wildman–Crippen MR) is 56.6 cm³/mol. The lowest BCUT2D eigenvalue weighted by Gasteiger charge is -2.04. The van der Waals surface area contributed by atoms with E-state index in [1.807, 2.05) is 13.0 Å². The van der Waals surface area contributed by atoms with Gasteiger partial charge in [-0.25, -0.2) is 0 Å². The van der Waals surface area contributed by atoms with Crippen molar-refractivity contribution in [3.05, 3.63) is 33.5 Å². The van der Waals surface area contributed by atoms with E-state index in [0.717, 1.165) is 16.0 Å². The molecule has 0 fully saturated rings. The molecular formula is C8H6BrClN4. The second kappa shape index (κ2) is 3.67. The number of tetrazole rings is 1. The maximum Gasteiger partial charge on any atom is 0.153 e. The molecule has 0 spiro atoms. The molecule has 0 atom stereocenters. The molecule has 2 aromatic rings. The van der Waals surface area contributed by atoms with Crippen molar-refractivity contribution < 1.29 is 0 Å². The Labute approximate surface area is 94.0 Å². The fourth-order valence-electron chi connectivity index (χ4n) is 1.11. The number of halogens is 2. The molecule has 0 amide bonds. The molecule has 0 saturated carbocycles. The van der Waals surface area contributed by atoms with Crippen molar-refractivity contribution in [2.75, 3.05) is 0 Å². The topological polar surface area (TPSA) is 43.6 Å². The molecule has 4 nitrogen and oxygen atoms in total. The Bertz CT molecular complexity index is 468. The Hall–Kier alpha value is -0.940. The van der Waals surface area contributed by atoms with E-state index in [0.29, 0.717) is 5.02 Å². The molecule has 2 rings (SSSR count). The molecule has 1 aromatic carbocycles. The zero-order chi connectivity index (χ0) is 10.1. The third-order valence-corrected chi connectivity index (χ3v) is 2.63. The van der Waals surface area contributed by atoms with E-state index >= 15 is 0 Å². The van der Waals surface area contributed by atoms with Gasteiger partial charge in [0.05, 0.1) is 5.69 Å². The summed E-state index contributed by atoms with van der Waals surface area (Å²) in [6.07, 6.45) is 0. The van der Waals surface area contributed by atoms with Gasteiger partial charge in [-0.15, -0.1) is 5.10 Å². The Morgan fingerprint density at radius 1 is 1.43 bits per heavy atom. The summed E-state index contributed by atoms with van der Waals surface area (Å²) in [5, 5.41) is 11.9. The first kappa shape index (κ1) is 9.61. The van der Waals surface area contributed by atoms with Gasteiger partial charge in [0, 0.05) is 9.50 Å². The highest BCUT2D eigenvalue weighted by molar-refractivity contribution is 9.10. The molecule has 1 aromatic heterocycles. The predicted octanol–water partition coefficient (Wildman–Crippen LogP) is 2.39. The average Bonchev–Trinajstić information content (AvgIpc) is 2.52. The monoisotopic (exact) mass is 272 g/mol. The van der Waals surface area contributed by atoms with Crippen LogP contribution in [-0.4, -0.2) is 20.2 Å². The standard InChI is InChI=1S/C8H6BrClN4/c1-5-11-12-13-14(5)8-3-2-6(10)4-7(8)9/h2-4H,1H3. The lowest BCUT2D eigenvalue weighted by Crippen LogP contribution is -2.00. The van der Waals surface area contributed by atoms with Crippen LogP contribution in [0.2, 0.25) is 5.02 Å². The van der Waals surface area contributed by atoms with Crippen molar-refractivity contribution in [3.8, 4) is 5.69 Å². The van der Waals surface area contributed by atoms with Crippen LogP contribution in [0.4, 0.5) is 0 Å². The van der Waals surface area contributed by atoms with E-state index in [1.54, 1.807) is 16.8 Å². The molecule has 14 heavy (non-hydrogen) atoms. The highest BCUT2D eigenvalue weighted by atomic mass is 79.9. The quantitative estimate of drug-likeness (QED) is 0.801. The van der Waals surface area contributed by atoms with Crippen LogP contribution in [0.5, 0.6) is 0 Å². The van der Waals surface area contributed by atoms with E-state index in [-0.39, 0.29) is 0 Å². The lowest BCUT2D eigenvalue weighted by molar-refractivity contribution is 0.777. The number of hydrogen-bond donors (Lipinski definition) is 0. The molecule has 0 radical (unpaired) electrons. The molecular weight excluding hydrogens is 267 g/mol. The van der Waals surface area contributed by atoms with Crippen molar-refractivity contribution in [3.63, 3.8) is 0 Å². The molecule has 0 aliphatic carbocycles. The van der Waals surface area contributed by atoms with Gasteiger partial charge in [0.15, 0.2) is 5.82 Å². The fraction of sp³-hybridized carbons (Fsp3) is 0.125. The summed E-state index contributed by atoms with van der Waals surface area (Å²) in [5.41, 5.74) is 0.872. The molecule has 0 saturated heterocycles. The van der Waals surface area contributed by atoms with Crippen molar-refractivity contribution >= 4 is 27.5 Å². The van der Waals surface area contributed by atoms with Crippen LogP contribution in [0.25, 0.3) is 5.69 Å². The second-order valence-electron chi connectivity index (χ2n) is 2.73. The highest BCUT2D eigenvalue weighted by Gasteiger charge is 2.07. The van der Waals surface area contributed by atoms with E-state index in [2.05, 4.69) is 31.5 Å². The van der Waals surface area contributed by atoms with Crippen molar-refractivity contribution in [1.82, 2.24) is 20.2 Å². The Morgan fingerprint density at radius 2 is 2.21 bits per heavy atom. The number of benzene rings is 1. The van der Waals surface area contributed by atoms with Crippen molar-refractivity contribution in [2.45, 2.75) is 6.92 Å². The number of aryl methyl sites for hydroxylation is 1. The van der Waals surface area contributed by atoms with Crippen molar-refractivity contribution in [1.29, 1.82) is 0 Å². The lowest BCUT2D eigenvalue weighted by atomic mass is 10.3. The van der Waals surface area contributed by atoms with Crippen LogP contribution < -0.4 is 0 Å². The molecule has 0 aliphatic heterocycles. The maximum absolute atomic E-state index is 5.83. The van der Waals surface area contributed by atoms with Gasteiger partial charge in [-0.05, 0) is 51.5 Å². The molecule has 0 bridgehead atoms. The van der Waals surface area contributed by atoms with Crippen molar-refractivity contribution in [2.24, 2.45) is 0 Å². The summed E-state index contributed by atoms with van der Waals surface area (Å²) < 4.78 is 2.50. The van der Waals surface area contributed by atoms with Crippen LogP contribution >= 0.6 is 27.5 Å². The fourth-order valence-corrected chi connectivity index (χ4v) is 1.96. The highest BCUT2D eigenvalue weighted by Crippen LogP contribution is 2.24. The van der Waals surface area contributed by atoms with E-state index < -0.39 is 0 Å². The normalized spacial score (nSPS) is 10.5. The average molecular weight is 274 g/mol. The Balaban J connectivity index is 2.58. The largest absolute Gasteiger partial charge is 0.197 e. The van der Waals surface area contributed by atoms with Crippen LogP contribution in [0.1, 0.15) is 5.82 Å². The van der Waals surface area contributed by atoms with Gasteiger partial charge in [-0.3, -0.25) is 0 Å². The Morgan fingerprint density at radius 3 is 2.79 bits per heavy atom. The summed E-state index contributed by atoms with van der Waals surface area (Å²) in [7, 11) is 0. The van der Waals surface area contributed by atoms with E-state index in [1.165, 1.54) is 0 Å². The molecule has 1 heterocycles. The van der Waals surface area contributed by atoms with Gasteiger partial charge in [0.25, 0.3) is 0 Å². The van der Waals surface area contributed by atoms with Gasteiger partial charge in [-0.2, -0.15) is 4.68 Å². The van der Waals surface area contributed by atoms with Crippen LogP contribution in [0, 0.1) is 6.92 Å². The minimum atomic E-state index is 0.673. The van der Waals surface area contributed by atoms with Crippen LogP contribution in [-0.2, 0) is 0 Å². The zero-order valence-corrected chi connectivity index (χ0v) is 9.62.